The van der Waals surface area contributed by atoms with Crippen molar-refractivity contribution < 1.29 is 0 Å². The molecule has 1 rings (SSSR count). The monoisotopic (exact) mass is 183 g/mol. The molecule has 1 atom stereocenters. The van der Waals surface area contributed by atoms with Crippen LogP contribution in [0.4, 0.5) is 0 Å². The molecule has 0 aromatic carbocycles. The van der Waals surface area contributed by atoms with Crippen molar-refractivity contribution in [3.8, 4) is 0 Å². The fraction of sp³-hybridized carbons (Fsp3) is 0.600. The Morgan fingerprint density at radius 3 is 2.67 bits per heavy atom. The molecule has 0 aliphatic rings. The summed E-state index contributed by atoms with van der Waals surface area (Å²) >= 11 is 1.76. The highest BCUT2D eigenvalue weighted by Crippen LogP contribution is 2.07. The highest BCUT2D eigenvalue weighted by molar-refractivity contribution is 7.07. The third kappa shape index (κ3) is 2.95. The fourth-order valence-corrected chi connectivity index (χ4v) is 1.58. The van der Waals surface area contributed by atoms with Crippen LogP contribution in [0.1, 0.15) is 26.3 Å². The highest BCUT2D eigenvalue weighted by atomic mass is 32.1. The Balaban J connectivity index is 2.27. The van der Waals surface area contributed by atoms with Crippen LogP contribution >= 0.6 is 11.3 Å². The summed E-state index contributed by atoms with van der Waals surface area (Å²) in [5.41, 5.74) is 1.40. The first kappa shape index (κ1) is 9.75. The fourth-order valence-electron chi connectivity index (χ4n) is 0.908. The van der Waals surface area contributed by atoms with Crippen molar-refractivity contribution in [3.63, 3.8) is 0 Å². The zero-order valence-electron chi connectivity index (χ0n) is 8.00. The first-order valence-corrected chi connectivity index (χ1v) is 5.39. The van der Waals surface area contributed by atoms with Crippen molar-refractivity contribution in [2.75, 3.05) is 0 Å². The van der Waals surface area contributed by atoms with E-state index in [4.69, 9.17) is 0 Å². The van der Waals surface area contributed by atoms with Gasteiger partial charge < -0.3 is 5.32 Å². The van der Waals surface area contributed by atoms with Crippen molar-refractivity contribution in [1.29, 1.82) is 0 Å². The first-order valence-electron chi connectivity index (χ1n) is 4.44. The van der Waals surface area contributed by atoms with E-state index in [0.29, 0.717) is 12.0 Å². The van der Waals surface area contributed by atoms with Gasteiger partial charge >= 0.3 is 0 Å². The predicted molar refractivity (Wildman–Crippen MR) is 55.5 cm³/mol. The Hall–Kier alpha value is -0.340. The summed E-state index contributed by atoms with van der Waals surface area (Å²) in [7, 11) is 0. The summed E-state index contributed by atoms with van der Waals surface area (Å²) < 4.78 is 0. The van der Waals surface area contributed by atoms with Gasteiger partial charge in [-0.2, -0.15) is 11.3 Å². The molecule has 1 heterocycles. The molecular formula is C10H17NS. The summed E-state index contributed by atoms with van der Waals surface area (Å²) in [6, 6.07) is 2.77. The van der Waals surface area contributed by atoms with Crippen LogP contribution in [0.15, 0.2) is 16.8 Å². The van der Waals surface area contributed by atoms with Crippen molar-refractivity contribution >= 4 is 11.3 Å². The molecule has 0 saturated carbocycles. The molecule has 1 aromatic heterocycles. The quantitative estimate of drug-likeness (QED) is 0.757. The van der Waals surface area contributed by atoms with E-state index in [1.54, 1.807) is 11.3 Å². The second-order valence-corrected chi connectivity index (χ2v) is 4.33. The number of thiophene rings is 1. The van der Waals surface area contributed by atoms with E-state index < -0.39 is 0 Å². The van der Waals surface area contributed by atoms with Gasteiger partial charge in [-0.15, -0.1) is 0 Å². The van der Waals surface area contributed by atoms with E-state index in [9.17, 15) is 0 Å². The molecule has 0 radical (unpaired) electrons. The van der Waals surface area contributed by atoms with E-state index in [1.807, 2.05) is 0 Å². The highest BCUT2D eigenvalue weighted by Gasteiger charge is 2.05. The molecule has 0 saturated heterocycles. The van der Waals surface area contributed by atoms with Gasteiger partial charge in [0.1, 0.15) is 0 Å². The molecule has 1 aromatic rings. The van der Waals surface area contributed by atoms with E-state index in [-0.39, 0.29) is 0 Å². The third-order valence-corrected chi connectivity index (χ3v) is 2.94. The molecule has 1 nitrogen and oxygen atoms in total. The summed E-state index contributed by atoms with van der Waals surface area (Å²) in [6.07, 6.45) is 0. The number of rotatable bonds is 4. The molecule has 1 unspecified atom stereocenters. The SMILES string of the molecule is CC(C)C(C)NCc1ccsc1. The van der Waals surface area contributed by atoms with Crippen LogP contribution in [0, 0.1) is 5.92 Å². The van der Waals surface area contributed by atoms with Crippen molar-refractivity contribution in [3.05, 3.63) is 22.4 Å². The summed E-state index contributed by atoms with van der Waals surface area (Å²) in [5.74, 6) is 0.712. The summed E-state index contributed by atoms with van der Waals surface area (Å²) in [5, 5.41) is 7.81. The van der Waals surface area contributed by atoms with Crippen LogP contribution in [0.25, 0.3) is 0 Å². The minimum Gasteiger partial charge on any atom is -0.310 e. The zero-order valence-corrected chi connectivity index (χ0v) is 8.82. The average molecular weight is 183 g/mol. The minimum absolute atomic E-state index is 0.602. The van der Waals surface area contributed by atoms with Gasteiger partial charge in [0, 0.05) is 12.6 Å². The molecule has 0 amide bonds. The molecule has 0 bridgehead atoms. The van der Waals surface area contributed by atoms with Crippen molar-refractivity contribution in [2.45, 2.75) is 33.4 Å². The number of hydrogen-bond donors (Lipinski definition) is 1. The molecule has 1 N–H and O–H groups in total. The van der Waals surface area contributed by atoms with E-state index in [1.165, 1.54) is 5.56 Å². The number of nitrogens with one attached hydrogen (secondary N) is 1. The van der Waals surface area contributed by atoms with Crippen LogP contribution in [0.5, 0.6) is 0 Å². The van der Waals surface area contributed by atoms with Gasteiger partial charge in [0.05, 0.1) is 0 Å². The molecule has 68 valence electrons. The Morgan fingerprint density at radius 1 is 1.42 bits per heavy atom. The lowest BCUT2D eigenvalue weighted by atomic mass is 10.1. The maximum Gasteiger partial charge on any atom is 0.0216 e. The van der Waals surface area contributed by atoms with Gasteiger partial charge in [-0.1, -0.05) is 13.8 Å². The first-order chi connectivity index (χ1) is 5.70. The Morgan fingerprint density at radius 2 is 2.17 bits per heavy atom. The predicted octanol–water partition coefficient (Wildman–Crippen LogP) is 2.88. The Kier molecular flexibility index (Phi) is 3.76. The second-order valence-electron chi connectivity index (χ2n) is 3.55. The van der Waals surface area contributed by atoms with Crippen LogP contribution in [-0.4, -0.2) is 6.04 Å². The lowest BCUT2D eigenvalue weighted by Crippen LogP contribution is -2.29. The van der Waals surface area contributed by atoms with Gasteiger partial charge in [-0.25, -0.2) is 0 Å². The Bertz CT molecular complexity index is 204. The van der Waals surface area contributed by atoms with Crippen LogP contribution < -0.4 is 5.32 Å². The molecule has 0 aliphatic carbocycles. The summed E-state index contributed by atoms with van der Waals surface area (Å²) in [4.78, 5) is 0. The zero-order chi connectivity index (χ0) is 8.97. The topological polar surface area (TPSA) is 12.0 Å². The van der Waals surface area contributed by atoms with Gasteiger partial charge in [-0.3, -0.25) is 0 Å². The smallest absolute Gasteiger partial charge is 0.0216 e. The van der Waals surface area contributed by atoms with Gasteiger partial charge in [0.15, 0.2) is 0 Å². The van der Waals surface area contributed by atoms with Gasteiger partial charge in [0.2, 0.25) is 0 Å². The van der Waals surface area contributed by atoms with E-state index in [0.717, 1.165) is 6.54 Å². The van der Waals surface area contributed by atoms with Crippen LogP contribution in [0.2, 0.25) is 0 Å². The second kappa shape index (κ2) is 4.63. The normalized spacial score (nSPS) is 13.7. The molecule has 12 heavy (non-hydrogen) atoms. The van der Waals surface area contributed by atoms with E-state index in [2.05, 4.69) is 42.9 Å². The van der Waals surface area contributed by atoms with Crippen LogP contribution in [-0.2, 0) is 6.54 Å². The standard InChI is InChI=1S/C10H17NS/c1-8(2)9(3)11-6-10-4-5-12-7-10/h4-5,7-9,11H,6H2,1-3H3. The maximum atomic E-state index is 3.49. The average Bonchev–Trinajstić information content (AvgIpc) is 2.51. The Labute approximate surface area is 78.8 Å². The lowest BCUT2D eigenvalue weighted by molar-refractivity contribution is 0.426. The maximum absolute atomic E-state index is 3.49. The molecule has 0 spiro atoms. The third-order valence-electron chi connectivity index (χ3n) is 2.21. The van der Waals surface area contributed by atoms with Gasteiger partial charge in [-0.05, 0) is 35.2 Å². The molecule has 2 heteroatoms. The molecule has 0 aliphatic heterocycles. The molecule has 0 fully saturated rings. The minimum atomic E-state index is 0.602. The number of hydrogen-bond acceptors (Lipinski definition) is 2. The summed E-state index contributed by atoms with van der Waals surface area (Å²) in [6.45, 7) is 7.72. The molecular weight excluding hydrogens is 166 g/mol. The van der Waals surface area contributed by atoms with Crippen molar-refractivity contribution in [1.82, 2.24) is 5.32 Å². The largest absolute Gasteiger partial charge is 0.310 e. The van der Waals surface area contributed by atoms with E-state index >= 15 is 0 Å². The lowest BCUT2D eigenvalue weighted by Gasteiger charge is -2.16. The van der Waals surface area contributed by atoms with Crippen molar-refractivity contribution in [2.24, 2.45) is 5.92 Å². The van der Waals surface area contributed by atoms with Gasteiger partial charge in [0.25, 0.3) is 0 Å². The van der Waals surface area contributed by atoms with Crippen LogP contribution in [0.3, 0.4) is 0 Å².